The first-order valence-electron chi connectivity index (χ1n) is 8.99. The third kappa shape index (κ3) is 3.78. The van der Waals surface area contributed by atoms with Crippen LogP contribution in [0.5, 0.6) is 0 Å². The van der Waals surface area contributed by atoms with E-state index in [2.05, 4.69) is 29.6 Å². The van der Waals surface area contributed by atoms with Crippen molar-refractivity contribution in [3.05, 3.63) is 78.0 Å². The molecule has 4 aromatic rings. The molecule has 1 N–H and O–H groups in total. The largest absolute Gasteiger partial charge is 0.462 e. The van der Waals surface area contributed by atoms with Crippen LogP contribution in [0.25, 0.3) is 21.7 Å². The number of rotatable bonds is 4. The summed E-state index contributed by atoms with van der Waals surface area (Å²) in [6, 6.07) is 21.8. The number of aromatic nitrogens is 1. The van der Waals surface area contributed by atoms with Gasteiger partial charge in [-0.2, -0.15) is 0 Å². The zero-order valence-corrected chi connectivity index (χ0v) is 16.5. The summed E-state index contributed by atoms with van der Waals surface area (Å²) in [6.07, 6.45) is 0. The molecule has 1 heterocycles. The minimum absolute atomic E-state index is 0. The molecule has 5 heteroatoms. The lowest BCUT2D eigenvalue weighted by Crippen LogP contribution is -2.04. The van der Waals surface area contributed by atoms with Gasteiger partial charge in [-0.25, -0.2) is 4.79 Å². The normalized spacial score (nSPS) is 10.5. The topological polar surface area (TPSA) is 51.2 Å². The predicted octanol–water partition coefficient (Wildman–Crippen LogP) is 6.04. The molecular formula is C23H21ClN2O2. The molecule has 3 aromatic carbocycles. The molecule has 0 spiro atoms. The lowest BCUT2D eigenvalue weighted by Gasteiger charge is -2.13. The fourth-order valence-corrected chi connectivity index (χ4v) is 3.25. The van der Waals surface area contributed by atoms with Gasteiger partial charge in [-0.05, 0) is 49.6 Å². The fourth-order valence-electron chi connectivity index (χ4n) is 3.25. The molecule has 0 aliphatic rings. The molecule has 1 aromatic heterocycles. The van der Waals surface area contributed by atoms with Gasteiger partial charge >= 0.3 is 5.97 Å². The third-order valence-electron chi connectivity index (χ3n) is 4.51. The van der Waals surface area contributed by atoms with Crippen LogP contribution in [0, 0.1) is 6.92 Å². The van der Waals surface area contributed by atoms with Crippen molar-refractivity contribution in [2.24, 2.45) is 0 Å². The first kappa shape index (κ1) is 19.6. The van der Waals surface area contributed by atoms with Crippen molar-refractivity contribution in [1.82, 2.24) is 4.98 Å². The van der Waals surface area contributed by atoms with Crippen molar-refractivity contribution in [3.8, 4) is 0 Å². The predicted molar refractivity (Wildman–Crippen MR) is 117 cm³/mol. The number of anilines is 2. The van der Waals surface area contributed by atoms with Crippen LogP contribution in [0.15, 0.2) is 66.7 Å². The molecule has 142 valence electrons. The van der Waals surface area contributed by atoms with Crippen molar-refractivity contribution >= 4 is 51.4 Å². The third-order valence-corrected chi connectivity index (χ3v) is 4.51. The van der Waals surface area contributed by atoms with Crippen LogP contribution in [-0.2, 0) is 4.74 Å². The number of aryl methyl sites for hydroxylation is 1. The molecule has 0 saturated carbocycles. The van der Waals surface area contributed by atoms with E-state index in [9.17, 15) is 4.79 Å². The summed E-state index contributed by atoms with van der Waals surface area (Å²) >= 11 is 0. The van der Waals surface area contributed by atoms with Crippen molar-refractivity contribution in [2.75, 3.05) is 11.9 Å². The minimum Gasteiger partial charge on any atom is -0.462 e. The van der Waals surface area contributed by atoms with Crippen LogP contribution in [-0.4, -0.2) is 17.6 Å². The summed E-state index contributed by atoms with van der Waals surface area (Å²) in [6.45, 7) is 4.17. The Kier molecular flexibility index (Phi) is 5.81. The number of carbonyl (C=O) groups excluding carboxylic acids is 1. The molecule has 0 atom stereocenters. The SMILES string of the molecule is CCOC(=O)c1ccc(Nc2cc(C)nc3c2ccc2ccccc23)cc1.Cl. The monoisotopic (exact) mass is 392 g/mol. The summed E-state index contributed by atoms with van der Waals surface area (Å²) in [4.78, 5) is 16.6. The van der Waals surface area contributed by atoms with Crippen LogP contribution in [0.3, 0.4) is 0 Å². The van der Waals surface area contributed by atoms with Crippen LogP contribution < -0.4 is 5.32 Å². The maximum atomic E-state index is 11.8. The van der Waals surface area contributed by atoms with Gasteiger partial charge < -0.3 is 10.1 Å². The van der Waals surface area contributed by atoms with Gasteiger partial charge in [0, 0.05) is 27.8 Å². The molecule has 0 bridgehead atoms. The summed E-state index contributed by atoms with van der Waals surface area (Å²) in [5.41, 5.74) is 4.38. The van der Waals surface area contributed by atoms with E-state index in [1.165, 1.54) is 5.39 Å². The average Bonchev–Trinajstić information content (AvgIpc) is 2.68. The smallest absolute Gasteiger partial charge is 0.338 e. The van der Waals surface area contributed by atoms with Gasteiger partial charge in [0.15, 0.2) is 0 Å². The van der Waals surface area contributed by atoms with Crippen molar-refractivity contribution < 1.29 is 9.53 Å². The first-order valence-corrected chi connectivity index (χ1v) is 8.99. The molecule has 0 radical (unpaired) electrons. The highest BCUT2D eigenvalue weighted by molar-refractivity contribution is 6.09. The van der Waals surface area contributed by atoms with Gasteiger partial charge in [0.25, 0.3) is 0 Å². The second kappa shape index (κ2) is 8.28. The Bertz CT molecular complexity index is 1140. The Labute approximate surface area is 170 Å². The van der Waals surface area contributed by atoms with E-state index in [1.54, 1.807) is 19.1 Å². The number of carbonyl (C=O) groups is 1. The lowest BCUT2D eigenvalue weighted by atomic mass is 10.0. The average molecular weight is 393 g/mol. The highest BCUT2D eigenvalue weighted by Gasteiger charge is 2.09. The van der Waals surface area contributed by atoms with Crippen molar-refractivity contribution in [2.45, 2.75) is 13.8 Å². The number of esters is 1. The van der Waals surface area contributed by atoms with E-state index in [1.807, 2.05) is 37.3 Å². The molecule has 0 fully saturated rings. The van der Waals surface area contributed by atoms with Crippen LogP contribution in [0.4, 0.5) is 11.4 Å². The van der Waals surface area contributed by atoms with E-state index >= 15 is 0 Å². The van der Waals surface area contributed by atoms with Gasteiger partial charge in [-0.1, -0.05) is 36.4 Å². The zero-order valence-electron chi connectivity index (χ0n) is 15.7. The molecule has 28 heavy (non-hydrogen) atoms. The van der Waals surface area contributed by atoms with Gasteiger partial charge in [0.1, 0.15) is 0 Å². The van der Waals surface area contributed by atoms with E-state index < -0.39 is 0 Å². The van der Waals surface area contributed by atoms with E-state index in [0.717, 1.165) is 33.4 Å². The summed E-state index contributed by atoms with van der Waals surface area (Å²) in [5, 5.41) is 6.83. The van der Waals surface area contributed by atoms with Gasteiger partial charge in [-0.3, -0.25) is 4.98 Å². The van der Waals surface area contributed by atoms with Crippen LogP contribution >= 0.6 is 12.4 Å². The number of benzene rings is 3. The Balaban J connectivity index is 0.00000225. The lowest BCUT2D eigenvalue weighted by molar-refractivity contribution is 0.0526. The molecule has 0 unspecified atom stereocenters. The highest BCUT2D eigenvalue weighted by Crippen LogP contribution is 2.31. The summed E-state index contributed by atoms with van der Waals surface area (Å²) < 4.78 is 5.03. The molecule has 4 rings (SSSR count). The van der Waals surface area contributed by atoms with Gasteiger partial charge in [0.05, 0.1) is 17.7 Å². The minimum atomic E-state index is -0.305. The molecule has 0 amide bonds. The second-order valence-corrected chi connectivity index (χ2v) is 6.42. The Morgan fingerprint density at radius 1 is 1.00 bits per heavy atom. The number of nitrogens with one attached hydrogen (secondary N) is 1. The molecule has 4 nitrogen and oxygen atoms in total. The number of nitrogens with zero attached hydrogens (tertiary/aromatic N) is 1. The number of hydrogen-bond donors (Lipinski definition) is 1. The van der Waals surface area contributed by atoms with Crippen LogP contribution in [0.1, 0.15) is 23.0 Å². The number of pyridine rings is 1. The molecule has 0 aliphatic heterocycles. The zero-order chi connectivity index (χ0) is 18.8. The first-order chi connectivity index (χ1) is 13.2. The maximum Gasteiger partial charge on any atom is 0.338 e. The number of halogens is 1. The van der Waals surface area contributed by atoms with Crippen LogP contribution in [0.2, 0.25) is 0 Å². The quantitative estimate of drug-likeness (QED) is 0.340. The Morgan fingerprint density at radius 2 is 1.75 bits per heavy atom. The van der Waals surface area contributed by atoms with Gasteiger partial charge in [0.2, 0.25) is 0 Å². The Hall–Kier alpha value is -3.11. The van der Waals surface area contributed by atoms with E-state index in [4.69, 9.17) is 9.72 Å². The van der Waals surface area contributed by atoms with Crippen molar-refractivity contribution in [3.63, 3.8) is 0 Å². The maximum absolute atomic E-state index is 11.8. The number of fused-ring (bicyclic) bond motifs is 3. The number of ether oxygens (including phenoxy) is 1. The Morgan fingerprint density at radius 3 is 2.50 bits per heavy atom. The molecule has 0 aliphatic carbocycles. The van der Waals surface area contributed by atoms with E-state index in [-0.39, 0.29) is 18.4 Å². The second-order valence-electron chi connectivity index (χ2n) is 6.42. The standard InChI is InChI=1S/C23H20N2O2.ClH/c1-3-27-23(26)17-8-11-18(12-9-17)25-21-14-15(2)24-22-19-7-5-4-6-16(19)10-13-20(21)22;/h4-14H,3H2,1-2H3,(H,24,25);1H. The van der Waals surface area contributed by atoms with E-state index in [0.29, 0.717) is 12.2 Å². The molecular weight excluding hydrogens is 372 g/mol. The summed E-state index contributed by atoms with van der Waals surface area (Å²) in [7, 11) is 0. The fraction of sp³-hybridized carbons (Fsp3) is 0.130. The van der Waals surface area contributed by atoms with Crippen molar-refractivity contribution in [1.29, 1.82) is 0 Å². The van der Waals surface area contributed by atoms with Gasteiger partial charge in [-0.15, -0.1) is 12.4 Å². The highest BCUT2D eigenvalue weighted by atomic mass is 35.5. The number of hydrogen-bond acceptors (Lipinski definition) is 4. The molecule has 0 saturated heterocycles. The summed E-state index contributed by atoms with van der Waals surface area (Å²) in [5.74, 6) is -0.305.